The molecule has 5 heteroatoms. The highest BCUT2D eigenvalue weighted by Gasteiger charge is 2.13. The van der Waals surface area contributed by atoms with Crippen LogP contribution < -0.4 is 10.5 Å². The van der Waals surface area contributed by atoms with Crippen molar-refractivity contribution in [3.05, 3.63) is 30.0 Å². The van der Waals surface area contributed by atoms with Crippen LogP contribution in [0.15, 0.2) is 24.4 Å². The van der Waals surface area contributed by atoms with Gasteiger partial charge >= 0.3 is 0 Å². The first-order valence-corrected chi connectivity index (χ1v) is 5.61. The number of hydrogen-bond donors (Lipinski definition) is 1. The first-order valence-electron chi connectivity index (χ1n) is 5.61. The van der Waals surface area contributed by atoms with E-state index in [1.165, 1.54) is 0 Å². The molecule has 0 radical (unpaired) electrons. The molecule has 0 aliphatic rings. The van der Waals surface area contributed by atoms with Crippen LogP contribution in [0, 0.1) is 0 Å². The maximum absolute atomic E-state index is 6.00. The molecule has 0 bridgehead atoms. The number of rotatable bonds is 4. The zero-order valence-corrected chi connectivity index (χ0v) is 10.8. The molecule has 96 valence electrons. The quantitative estimate of drug-likeness (QED) is 0.895. The summed E-state index contributed by atoms with van der Waals surface area (Å²) in [5.41, 5.74) is 8.86. The molecule has 1 aromatic heterocycles. The molecule has 0 aliphatic heterocycles. The maximum Gasteiger partial charge on any atom is 0.129 e. The van der Waals surface area contributed by atoms with E-state index in [9.17, 15) is 0 Å². The van der Waals surface area contributed by atoms with Crippen molar-refractivity contribution >= 4 is 5.82 Å². The predicted octanol–water partition coefficient (Wildman–Crippen LogP) is 1.82. The van der Waals surface area contributed by atoms with Crippen LogP contribution in [0.5, 0.6) is 5.75 Å². The van der Waals surface area contributed by atoms with Gasteiger partial charge in [0.2, 0.25) is 0 Å². The summed E-state index contributed by atoms with van der Waals surface area (Å²) < 4.78 is 12.1. The third-order valence-corrected chi connectivity index (χ3v) is 2.85. The van der Waals surface area contributed by atoms with Crippen LogP contribution in [0.4, 0.5) is 5.82 Å². The molecule has 1 heterocycles. The fourth-order valence-electron chi connectivity index (χ4n) is 1.88. The molecule has 0 spiro atoms. The van der Waals surface area contributed by atoms with Gasteiger partial charge in [0, 0.05) is 25.3 Å². The van der Waals surface area contributed by atoms with Crippen molar-refractivity contribution in [1.82, 2.24) is 9.78 Å². The van der Waals surface area contributed by atoms with Crippen LogP contribution in [0.3, 0.4) is 0 Å². The van der Waals surface area contributed by atoms with Crippen LogP contribution >= 0.6 is 0 Å². The summed E-state index contributed by atoms with van der Waals surface area (Å²) in [7, 11) is 5.12. The molecule has 2 aromatic rings. The van der Waals surface area contributed by atoms with Gasteiger partial charge in [-0.3, -0.25) is 4.68 Å². The Morgan fingerprint density at radius 1 is 1.28 bits per heavy atom. The van der Waals surface area contributed by atoms with Gasteiger partial charge < -0.3 is 15.2 Å². The van der Waals surface area contributed by atoms with Gasteiger partial charge in [0.05, 0.1) is 19.9 Å². The van der Waals surface area contributed by atoms with Gasteiger partial charge in [-0.25, -0.2) is 0 Å². The molecular weight excluding hydrogens is 230 g/mol. The van der Waals surface area contributed by atoms with Gasteiger partial charge in [0.15, 0.2) is 0 Å². The van der Waals surface area contributed by atoms with Gasteiger partial charge in [-0.2, -0.15) is 5.10 Å². The Hall–Kier alpha value is -2.01. The minimum atomic E-state index is 0.553. The van der Waals surface area contributed by atoms with E-state index in [-0.39, 0.29) is 0 Å². The fraction of sp³-hybridized carbons (Fsp3) is 0.308. The van der Waals surface area contributed by atoms with Crippen molar-refractivity contribution in [3.63, 3.8) is 0 Å². The van der Waals surface area contributed by atoms with Crippen LogP contribution in [-0.4, -0.2) is 24.0 Å². The summed E-state index contributed by atoms with van der Waals surface area (Å²) in [6.07, 6.45) is 1.74. The Labute approximate surface area is 106 Å². The number of aromatic nitrogens is 2. The van der Waals surface area contributed by atoms with E-state index in [4.69, 9.17) is 15.2 Å². The number of nitrogens with two attached hydrogens (primary N) is 1. The predicted molar refractivity (Wildman–Crippen MR) is 70.3 cm³/mol. The standard InChI is InChI=1S/C13H17N3O2/c1-16-13(14)11(7-15-16)10-6-9(8-17-2)4-5-12(10)18-3/h4-7H,8,14H2,1-3H3. The highest BCUT2D eigenvalue weighted by atomic mass is 16.5. The molecule has 2 rings (SSSR count). The van der Waals surface area contributed by atoms with Crippen LogP contribution in [0.25, 0.3) is 11.1 Å². The van der Waals surface area contributed by atoms with Crippen LogP contribution in [0.1, 0.15) is 5.56 Å². The zero-order chi connectivity index (χ0) is 13.1. The summed E-state index contributed by atoms with van der Waals surface area (Å²) in [6.45, 7) is 0.553. The van der Waals surface area contributed by atoms with Crippen molar-refractivity contribution in [1.29, 1.82) is 0 Å². The van der Waals surface area contributed by atoms with Crippen LogP contribution in [0.2, 0.25) is 0 Å². The van der Waals surface area contributed by atoms with Crippen molar-refractivity contribution in [2.75, 3.05) is 20.0 Å². The third kappa shape index (κ3) is 2.17. The molecule has 0 amide bonds. The van der Waals surface area contributed by atoms with E-state index >= 15 is 0 Å². The van der Waals surface area contributed by atoms with Crippen molar-refractivity contribution in [2.45, 2.75) is 6.61 Å². The number of ether oxygens (including phenoxy) is 2. The Balaban J connectivity index is 2.53. The third-order valence-electron chi connectivity index (χ3n) is 2.85. The second-order valence-electron chi connectivity index (χ2n) is 4.03. The summed E-state index contributed by atoms with van der Waals surface area (Å²) in [6, 6.07) is 5.89. The monoisotopic (exact) mass is 247 g/mol. The van der Waals surface area contributed by atoms with Crippen LogP contribution in [-0.2, 0) is 18.4 Å². The Kier molecular flexibility index (Phi) is 3.53. The number of hydrogen-bond acceptors (Lipinski definition) is 4. The van der Waals surface area contributed by atoms with Gasteiger partial charge in [-0.1, -0.05) is 6.07 Å². The second kappa shape index (κ2) is 5.10. The SMILES string of the molecule is COCc1ccc(OC)c(-c2cnn(C)c2N)c1. The molecule has 0 fully saturated rings. The van der Waals surface area contributed by atoms with E-state index in [2.05, 4.69) is 5.10 Å². The van der Waals surface area contributed by atoms with Crippen molar-refractivity contribution in [3.8, 4) is 16.9 Å². The molecule has 2 N–H and O–H groups in total. The molecule has 18 heavy (non-hydrogen) atoms. The molecule has 0 saturated carbocycles. The lowest BCUT2D eigenvalue weighted by Gasteiger charge is -2.10. The van der Waals surface area contributed by atoms with Crippen molar-refractivity contribution < 1.29 is 9.47 Å². The largest absolute Gasteiger partial charge is 0.496 e. The first-order chi connectivity index (χ1) is 8.67. The number of nitrogen functional groups attached to an aromatic ring is 1. The molecule has 0 atom stereocenters. The lowest BCUT2D eigenvalue weighted by molar-refractivity contribution is 0.185. The Bertz CT molecular complexity index is 549. The highest BCUT2D eigenvalue weighted by Crippen LogP contribution is 2.34. The van der Waals surface area contributed by atoms with E-state index in [0.29, 0.717) is 12.4 Å². The normalized spacial score (nSPS) is 10.6. The van der Waals surface area contributed by atoms with E-state index in [1.807, 2.05) is 25.2 Å². The lowest BCUT2D eigenvalue weighted by Crippen LogP contribution is -1.99. The Morgan fingerprint density at radius 3 is 2.61 bits per heavy atom. The van der Waals surface area contributed by atoms with E-state index < -0.39 is 0 Å². The minimum absolute atomic E-state index is 0.553. The number of anilines is 1. The smallest absolute Gasteiger partial charge is 0.129 e. The molecule has 0 aliphatic carbocycles. The molecule has 0 saturated heterocycles. The zero-order valence-electron chi connectivity index (χ0n) is 10.8. The van der Waals surface area contributed by atoms with E-state index in [1.54, 1.807) is 25.1 Å². The van der Waals surface area contributed by atoms with Gasteiger partial charge in [0.1, 0.15) is 11.6 Å². The summed E-state index contributed by atoms with van der Waals surface area (Å²) in [5, 5.41) is 4.15. The Morgan fingerprint density at radius 2 is 2.06 bits per heavy atom. The van der Waals surface area contributed by atoms with Gasteiger partial charge in [0.25, 0.3) is 0 Å². The number of benzene rings is 1. The average Bonchev–Trinajstić information content (AvgIpc) is 2.70. The summed E-state index contributed by atoms with van der Waals surface area (Å²) in [5.74, 6) is 1.39. The molecule has 1 aromatic carbocycles. The molecule has 0 unspecified atom stereocenters. The fourth-order valence-corrected chi connectivity index (χ4v) is 1.88. The summed E-state index contributed by atoms with van der Waals surface area (Å²) >= 11 is 0. The van der Waals surface area contributed by atoms with Crippen molar-refractivity contribution in [2.24, 2.45) is 7.05 Å². The molecule has 5 nitrogen and oxygen atoms in total. The lowest BCUT2D eigenvalue weighted by atomic mass is 10.0. The molecular formula is C13H17N3O2. The van der Waals surface area contributed by atoms with E-state index in [0.717, 1.165) is 22.4 Å². The number of aryl methyl sites for hydroxylation is 1. The van der Waals surface area contributed by atoms with Gasteiger partial charge in [-0.15, -0.1) is 0 Å². The second-order valence-corrected chi connectivity index (χ2v) is 4.03. The number of nitrogens with zero attached hydrogens (tertiary/aromatic N) is 2. The number of methoxy groups -OCH3 is 2. The highest BCUT2D eigenvalue weighted by molar-refractivity contribution is 5.78. The topological polar surface area (TPSA) is 62.3 Å². The first kappa shape index (κ1) is 12.4. The minimum Gasteiger partial charge on any atom is -0.496 e. The van der Waals surface area contributed by atoms with Gasteiger partial charge in [-0.05, 0) is 17.7 Å². The maximum atomic E-state index is 6.00. The summed E-state index contributed by atoms with van der Waals surface area (Å²) in [4.78, 5) is 0. The average molecular weight is 247 g/mol.